The van der Waals surface area contributed by atoms with Crippen LogP contribution >= 0.6 is 0 Å². The summed E-state index contributed by atoms with van der Waals surface area (Å²) in [5.74, 6) is -0.474. The SMILES string of the molecule is CC(C)CN(C)C(=O)CC(C)CC(=O)O. The first-order valence-corrected chi connectivity index (χ1v) is 5.28. The summed E-state index contributed by atoms with van der Waals surface area (Å²) in [6, 6.07) is 0. The molecule has 1 atom stereocenters. The van der Waals surface area contributed by atoms with Crippen LogP contribution in [0.1, 0.15) is 33.6 Å². The first-order valence-electron chi connectivity index (χ1n) is 5.28. The molecule has 0 spiro atoms. The predicted octanol–water partition coefficient (Wildman–Crippen LogP) is 1.60. The van der Waals surface area contributed by atoms with Crippen LogP contribution in [0.3, 0.4) is 0 Å². The van der Waals surface area contributed by atoms with Crippen molar-refractivity contribution in [2.75, 3.05) is 13.6 Å². The van der Waals surface area contributed by atoms with E-state index in [0.29, 0.717) is 12.3 Å². The zero-order chi connectivity index (χ0) is 12.0. The molecule has 0 rings (SSSR count). The summed E-state index contributed by atoms with van der Waals surface area (Å²) in [7, 11) is 1.76. The van der Waals surface area contributed by atoms with Crippen LogP contribution < -0.4 is 0 Å². The van der Waals surface area contributed by atoms with Crippen LogP contribution in [0.5, 0.6) is 0 Å². The molecule has 1 N–H and O–H groups in total. The minimum atomic E-state index is -0.846. The molecule has 0 fully saturated rings. The highest BCUT2D eigenvalue weighted by atomic mass is 16.4. The zero-order valence-corrected chi connectivity index (χ0v) is 9.99. The normalized spacial score (nSPS) is 12.6. The molecule has 0 saturated carbocycles. The fourth-order valence-corrected chi connectivity index (χ4v) is 1.47. The van der Waals surface area contributed by atoms with Crippen LogP contribution in [-0.2, 0) is 9.59 Å². The number of carboxylic acids is 1. The number of carboxylic acid groups (broad SMARTS) is 1. The highest BCUT2D eigenvalue weighted by molar-refractivity contribution is 5.77. The van der Waals surface area contributed by atoms with Gasteiger partial charge in [0.2, 0.25) is 5.91 Å². The molecule has 1 unspecified atom stereocenters. The number of hydrogen-bond acceptors (Lipinski definition) is 2. The van der Waals surface area contributed by atoms with Crippen molar-refractivity contribution >= 4 is 11.9 Å². The van der Waals surface area contributed by atoms with E-state index in [1.54, 1.807) is 18.9 Å². The molecule has 0 aliphatic heterocycles. The molecule has 0 bridgehead atoms. The van der Waals surface area contributed by atoms with E-state index in [9.17, 15) is 9.59 Å². The highest BCUT2D eigenvalue weighted by Gasteiger charge is 2.16. The summed E-state index contributed by atoms with van der Waals surface area (Å²) >= 11 is 0. The Morgan fingerprint density at radius 2 is 1.73 bits per heavy atom. The standard InChI is InChI=1S/C11H21NO3/c1-8(2)7-12(4)10(13)5-9(3)6-11(14)15/h8-9H,5-7H2,1-4H3,(H,14,15). The molecule has 15 heavy (non-hydrogen) atoms. The summed E-state index contributed by atoms with van der Waals surface area (Å²) in [6.45, 7) is 6.60. The lowest BCUT2D eigenvalue weighted by Gasteiger charge is -2.20. The van der Waals surface area contributed by atoms with E-state index < -0.39 is 5.97 Å². The van der Waals surface area contributed by atoms with Gasteiger partial charge in [-0.15, -0.1) is 0 Å². The molecular weight excluding hydrogens is 194 g/mol. The maximum Gasteiger partial charge on any atom is 0.303 e. The smallest absolute Gasteiger partial charge is 0.303 e. The number of amides is 1. The van der Waals surface area contributed by atoms with Gasteiger partial charge in [0.25, 0.3) is 0 Å². The molecule has 0 aliphatic rings. The van der Waals surface area contributed by atoms with Gasteiger partial charge in [0.15, 0.2) is 0 Å². The second-order valence-corrected chi connectivity index (χ2v) is 4.58. The molecule has 4 nitrogen and oxygen atoms in total. The second-order valence-electron chi connectivity index (χ2n) is 4.58. The van der Waals surface area contributed by atoms with Gasteiger partial charge in [0, 0.05) is 26.4 Å². The summed E-state index contributed by atoms with van der Waals surface area (Å²) in [5, 5.41) is 8.56. The van der Waals surface area contributed by atoms with E-state index in [-0.39, 0.29) is 18.2 Å². The summed E-state index contributed by atoms with van der Waals surface area (Å²) in [5.41, 5.74) is 0. The molecule has 0 heterocycles. The fourth-order valence-electron chi connectivity index (χ4n) is 1.47. The molecule has 88 valence electrons. The maximum absolute atomic E-state index is 11.6. The molecule has 0 saturated heterocycles. The number of rotatable bonds is 6. The number of nitrogens with zero attached hydrogens (tertiary/aromatic N) is 1. The highest BCUT2D eigenvalue weighted by Crippen LogP contribution is 2.10. The van der Waals surface area contributed by atoms with E-state index in [1.165, 1.54) is 0 Å². The Labute approximate surface area is 91.3 Å². The third-order valence-corrected chi connectivity index (χ3v) is 2.11. The Balaban J connectivity index is 3.95. The largest absolute Gasteiger partial charge is 0.481 e. The molecule has 0 aliphatic carbocycles. The molecular formula is C11H21NO3. The van der Waals surface area contributed by atoms with Crippen LogP contribution in [0.25, 0.3) is 0 Å². The Bertz CT molecular complexity index is 226. The lowest BCUT2D eigenvalue weighted by molar-refractivity contribution is -0.138. The lowest BCUT2D eigenvalue weighted by atomic mass is 10.0. The third-order valence-electron chi connectivity index (χ3n) is 2.11. The van der Waals surface area contributed by atoms with Gasteiger partial charge in [0.1, 0.15) is 0 Å². The first kappa shape index (κ1) is 13.9. The molecule has 0 aromatic heterocycles. The van der Waals surface area contributed by atoms with Crippen LogP contribution in [0.4, 0.5) is 0 Å². The van der Waals surface area contributed by atoms with Crippen LogP contribution in [-0.4, -0.2) is 35.5 Å². The van der Waals surface area contributed by atoms with E-state index in [1.807, 2.05) is 13.8 Å². The molecule has 0 aromatic rings. The summed E-state index contributed by atoms with van der Waals surface area (Å²) in [6.07, 6.45) is 0.372. The number of carbonyl (C=O) groups excluding carboxylic acids is 1. The van der Waals surface area contributed by atoms with Gasteiger partial charge in [-0.05, 0) is 11.8 Å². The van der Waals surface area contributed by atoms with Gasteiger partial charge < -0.3 is 10.0 Å². The topological polar surface area (TPSA) is 57.6 Å². The van der Waals surface area contributed by atoms with Crippen LogP contribution in [0.15, 0.2) is 0 Å². The fraction of sp³-hybridized carbons (Fsp3) is 0.818. The van der Waals surface area contributed by atoms with E-state index in [2.05, 4.69) is 0 Å². The number of aliphatic carboxylic acids is 1. The molecule has 1 amide bonds. The maximum atomic E-state index is 11.6. The average molecular weight is 215 g/mol. The molecule has 4 heteroatoms. The average Bonchev–Trinajstić information content (AvgIpc) is 2.00. The summed E-state index contributed by atoms with van der Waals surface area (Å²) in [4.78, 5) is 23.7. The molecule has 0 radical (unpaired) electrons. The van der Waals surface area contributed by atoms with Crippen LogP contribution in [0, 0.1) is 11.8 Å². The van der Waals surface area contributed by atoms with E-state index in [0.717, 1.165) is 6.54 Å². The van der Waals surface area contributed by atoms with E-state index >= 15 is 0 Å². The summed E-state index contributed by atoms with van der Waals surface area (Å²) < 4.78 is 0. The quantitative estimate of drug-likeness (QED) is 0.732. The van der Waals surface area contributed by atoms with Crippen molar-refractivity contribution in [1.82, 2.24) is 4.90 Å². The Kier molecular flexibility index (Phi) is 5.97. The van der Waals surface area contributed by atoms with Gasteiger partial charge in [-0.2, -0.15) is 0 Å². The number of carbonyl (C=O) groups is 2. The zero-order valence-electron chi connectivity index (χ0n) is 9.99. The van der Waals surface area contributed by atoms with Crippen molar-refractivity contribution in [2.24, 2.45) is 11.8 Å². The van der Waals surface area contributed by atoms with Crippen molar-refractivity contribution in [1.29, 1.82) is 0 Å². The Hall–Kier alpha value is -1.06. The second kappa shape index (κ2) is 6.43. The lowest BCUT2D eigenvalue weighted by Crippen LogP contribution is -2.31. The Morgan fingerprint density at radius 1 is 1.20 bits per heavy atom. The Morgan fingerprint density at radius 3 is 2.13 bits per heavy atom. The van der Waals surface area contributed by atoms with Gasteiger partial charge in [-0.3, -0.25) is 9.59 Å². The van der Waals surface area contributed by atoms with Gasteiger partial charge in [-0.25, -0.2) is 0 Å². The van der Waals surface area contributed by atoms with Crippen LogP contribution in [0.2, 0.25) is 0 Å². The van der Waals surface area contributed by atoms with Crippen molar-refractivity contribution in [3.63, 3.8) is 0 Å². The van der Waals surface area contributed by atoms with Crippen molar-refractivity contribution in [3.8, 4) is 0 Å². The predicted molar refractivity (Wildman–Crippen MR) is 58.5 cm³/mol. The van der Waals surface area contributed by atoms with Crippen molar-refractivity contribution < 1.29 is 14.7 Å². The minimum Gasteiger partial charge on any atom is -0.481 e. The first-order chi connectivity index (χ1) is 6.82. The molecule has 0 aromatic carbocycles. The van der Waals surface area contributed by atoms with E-state index in [4.69, 9.17) is 5.11 Å². The van der Waals surface area contributed by atoms with Crippen molar-refractivity contribution in [2.45, 2.75) is 33.6 Å². The third kappa shape index (κ3) is 6.94. The monoisotopic (exact) mass is 215 g/mol. The van der Waals surface area contributed by atoms with Gasteiger partial charge in [-0.1, -0.05) is 20.8 Å². The minimum absolute atomic E-state index is 0.0254. The van der Waals surface area contributed by atoms with Gasteiger partial charge in [0.05, 0.1) is 0 Å². The van der Waals surface area contributed by atoms with Crippen molar-refractivity contribution in [3.05, 3.63) is 0 Å². The van der Waals surface area contributed by atoms with Gasteiger partial charge >= 0.3 is 5.97 Å². The number of hydrogen-bond donors (Lipinski definition) is 1.